The molecule has 3 atom stereocenters. The standard InChI is InChI=1S/C24H24F6N2O3/c1-14(16-10-18(23(25,26)27)12-19(11-16)24(28,29)30)35-13-22(17-6-4-3-5-7-17)9-8-20(21(34)32-22)31-15(2)33/h3-7,10-12,14,20H,8-9,13H2,1-2H3,(H,31,33)(H,32,34)/t14-,20-,22-/m1/s1. The van der Waals surface area contributed by atoms with Crippen molar-refractivity contribution in [3.05, 3.63) is 70.8 Å². The molecule has 0 spiro atoms. The molecule has 1 saturated heterocycles. The van der Waals surface area contributed by atoms with E-state index in [1.165, 1.54) is 13.8 Å². The van der Waals surface area contributed by atoms with E-state index >= 15 is 0 Å². The molecule has 0 aromatic heterocycles. The van der Waals surface area contributed by atoms with Crippen LogP contribution in [0.5, 0.6) is 0 Å². The summed E-state index contributed by atoms with van der Waals surface area (Å²) in [6.45, 7) is 2.41. The van der Waals surface area contributed by atoms with Gasteiger partial charge in [0.05, 0.1) is 29.4 Å². The molecule has 11 heteroatoms. The molecule has 1 fully saturated rings. The first-order valence-corrected chi connectivity index (χ1v) is 10.8. The highest BCUT2D eigenvalue weighted by molar-refractivity contribution is 5.88. The predicted octanol–water partition coefficient (Wildman–Crippen LogP) is 5.11. The number of benzene rings is 2. The van der Waals surface area contributed by atoms with Crippen molar-refractivity contribution >= 4 is 11.8 Å². The van der Waals surface area contributed by atoms with E-state index in [4.69, 9.17) is 4.74 Å². The highest BCUT2D eigenvalue weighted by Crippen LogP contribution is 2.39. The van der Waals surface area contributed by atoms with Crippen molar-refractivity contribution in [2.75, 3.05) is 6.61 Å². The molecule has 5 nitrogen and oxygen atoms in total. The monoisotopic (exact) mass is 502 g/mol. The number of hydrogen-bond acceptors (Lipinski definition) is 3. The van der Waals surface area contributed by atoms with Gasteiger partial charge in [-0.05, 0) is 49.1 Å². The summed E-state index contributed by atoms with van der Waals surface area (Å²) in [6, 6.07) is 9.24. The molecular weight excluding hydrogens is 478 g/mol. The molecule has 2 amide bonds. The van der Waals surface area contributed by atoms with Crippen LogP contribution >= 0.6 is 0 Å². The normalized spacial score (nSPS) is 21.8. The van der Waals surface area contributed by atoms with Gasteiger partial charge in [-0.2, -0.15) is 26.3 Å². The maximum absolute atomic E-state index is 13.2. The molecule has 0 bridgehead atoms. The molecule has 2 aromatic rings. The smallest absolute Gasteiger partial charge is 0.371 e. The van der Waals surface area contributed by atoms with Gasteiger partial charge in [-0.15, -0.1) is 0 Å². The first kappa shape index (κ1) is 26.5. The van der Waals surface area contributed by atoms with Gasteiger partial charge < -0.3 is 15.4 Å². The van der Waals surface area contributed by atoms with E-state index < -0.39 is 47.1 Å². The van der Waals surface area contributed by atoms with Gasteiger partial charge in [-0.3, -0.25) is 9.59 Å². The Morgan fingerprint density at radius 2 is 1.66 bits per heavy atom. The minimum atomic E-state index is -4.98. The predicted molar refractivity (Wildman–Crippen MR) is 114 cm³/mol. The van der Waals surface area contributed by atoms with Crippen LogP contribution in [0.3, 0.4) is 0 Å². The number of carbonyl (C=O) groups excluding carboxylic acids is 2. The van der Waals surface area contributed by atoms with Crippen molar-refractivity contribution < 1.29 is 40.7 Å². The minimum Gasteiger partial charge on any atom is -0.371 e. The minimum absolute atomic E-state index is 0.0607. The van der Waals surface area contributed by atoms with Crippen LogP contribution in [0.2, 0.25) is 0 Å². The largest absolute Gasteiger partial charge is 0.416 e. The number of piperidine rings is 1. The fourth-order valence-electron chi connectivity index (χ4n) is 4.03. The summed E-state index contributed by atoms with van der Waals surface area (Å²) >= 11 is 0. The van der Waals surface area contributed by atoms with Crippen LogP contribution in [0.15, 0.2) is 48.5 Å². The second-order valence-electron chi connectivity index (χ2n) is 8.52. The summed E-state index contributed by atoms with van der Waals surface area (Å²) in [5, 5.41) is 5.39. The number of hydrogen-bond donors (Lipinski definition) is 2. The Kier molecular flexibility index (Phi) is 7.49. The van der Waals surface area contributed by atoms with Crippen molar-refractivity contribution in [1.29, 1.82) is 0 Å². The van der Waals surface area contributed by atoms with Crippen LogP contribution in [0, 0.1) is 0 Å². The molecule has 2 N–H and O–H groups in total. The fraction of sp³-hybridized carbons (Fsp3) is 0.417. The first-order chi connectivity index (χ1) is 16.2. The van der Waals surface area contributed by atoms with E-state index in [2.05, 4.69) is 10.6 Å². The van der Waals surface area contributed by atoms with Gasteiger partial charge in [0.25, 0.3) is 0 Å². The molecule has 1 aliphatic rings. The number of halogens is 6. The van der Waals surface area contributed by atoms with Gasteiger partial charge in [-0.25, -0.2) is 0 Å². The Labute approximate surface area is 197 Å². The van der Waals surface area contributed by atoms with E-state index in [0.717, 1.165) is 0 Å². The lowest BCUT2D eigenvalue weighted by molar-refractivity contribution is -0.143. The second kappa shape index (κ2) is 9.88. The highest BCUT2D eigenvalue weighted by atomic mass is 19.4. The number of carbonyl (C=O) groups is 2. The van der Waals surface area contributed by atoms with E-state index in [9.17, 15) is 35.9 Å². The lowest BCUT2D eigenvalue weighted by Crippen LogP contribution is -2.60. The van der Waals surface area contributed by atoms with Gasteiger partial charge in [-0.1, -0.05) is 30.3 Å². The van der Waals surface area contributed by atoms with E-state index in [-0.39, 0.29) is 30.6 Å². The number of nitrogens with one attached hydrogen (secondary N) is 2. The third-order valence-corrected chi connectivity index (χ3v) is 5.90. The van der Waals surface area contributed by atoms with Crippen molar-refractivity contribution in [3.63, 3.8) is 0 Å². The van der Waals surface area contributed by atoms with Crippen LogP contribution < -0.4 is 10.6 Å². The summed E-state index contributed by atoms with van der Waals surface area (Å²) in [5.41, 5.74) is -3.59. The average Bonchev–Trinajstić information content (AvgIpc) is 2.78. The molecule has 3 rings (SSSR count). The van der Waals surface area contributed by atoms with Crippen LogP contribution in [0.4, 0.5) is 26.3 Å². The highest BCUT2D eigenvalue weighted by Gasteiger charge is 2.42. The Morgan fingerprint density at radius 3 is 2.14 bits per heavy atom. The van der Waals surface area contributed by atoms with Gasteiger partial charge in [0.2, 0.25) is 11.8 Å². The summed E-state index contributed by atoms with van der Waals surface area (Å²) in [7, 11) is 0. The Bertz CT molecular complexity index is 1040. The topological polar surface area (TPSA) is 67.4 Å². The molecule has 1 heterocycles. The summed E-state index contributed by atoms with van der Waals surface area (Å²) < 4.78 is 85.2. The van der Waals surface area contributed by atoms with Crippen molar-refractivity contribution in [2.45, 2.75) is 56.7 Å². The van der Waals surface area contributed by atoms with Crippen LogP contribution in [-0.4, -0.2) is 24.5 Å². The SMILES string of the molecule is CC(=O)N[C@@H]1CC[C@@](CO[C@H](C)c2cc(C(F)(F)F)cc(C(F)(F)F)c2)(c2ccccc2)NC1=O. The number of ether oxygens (including phenoxy) is 1. The third kappa shape index (κ3) is 6.33. The summed E-state index contributed by atoms with van der Waals surface area (Å²) in [5.74, 6) is -0.850. The van der Waals surface area contributed by atoms with Crippen molar-refractivity contribution in [3.8, 4) is 0 Å². The second-order valence-corrected chi connectivity index (χ2v) is 8.52. The van der Waals surface area contributed by atoms with Crippen molar-refractivity contribution in [1.82, 2.24) is 10.6 Å². The quantitative estimate of drug-likeness (QED) is 0.540. The Balaban J connectivity index is 1.89. The molecule has 0 radical (unpaired) electrons. The fourth-order valence-corrected chi connectivity index (χ4v) is 4.03. The first-order valence-electron chi connectivity index (χ1n) is 10.8. The Morgan fingerprint density at radius 1 is 1.09 bits per heavy atom. The molecule has 1 aliphatic heterocycles. The van der Waals surface area contributed by atoms with Crippen molar-refractivity contribution in [2.24, 2.45) is 0 Å². The number of alkyl halides is 6. The third-order valence-electron chi connectivity index (χ3n) is 5.90. The maximum Gasteiger partial charge on any atom is 0.416 e. The van der Waals surface area contributed by atoms with Crippen LogP contribution in [0.25, 0.3) is 0 Å². The zero-order chi connectivity index (χ0) is 26.0. The zero-order valence-electron chi connectivity index (χ0n) is 18.9. The maximum atomic E-state index is 13.2. The van der Waals surface area contributed by atoms with Crippen LogP contribution in [-0.2, 0) is 32.2 Å². The van der Waals surface area contributed by atoms with E-state index in [1.54, 1.807) is 30.3 Å². The van der Waals surface area contributed by atoms with Gasteiger partial charge >= 0.3 is 12.4 Å². The Hall–Kier alpha value is -3.08. The van der Waals surface area contributed by atoms with Gasteiger partial charge in [0.15, 0.2) is 0 Å². The summed E-state index contributed by atoms with van der Waals surface area (Å²) in [4.78, 5) is 24.1. The number of amides is 2. The summed E-state index contributed by atoms with van der Waals surface area (Å²) in [6.07, 6.45) is -10.5. The lowest BCUT2D eigenvalue weighted by Gasteiger charge is -2.41. The molecule has 0 saturated carbocycles. The average molecular weight is 502 g/mol. The van der Waals surface area contributed by atoms with Gasteiger partial charge in [0, 0.05) is 6.92 Å². The molecule has 0 aliphatic carbocycles. The van der Waals surface area contributed by atoms with E-state index in [0.29, 0.717) is 24.1 Å². The van der Waals surface area contributed by atoms with Gasteiger partial charge in [0.1, 0.15) is 6.04 Å². The molecular formula is C24H24F6N2O3. The molecule has 0 unspecified atom stereocenters. The molecule has 35 heavy (non-hydrogen) atoms. The van der Waals surface area contributed by atoms with Crippen LogP contribution in [0.1, 0.15) is 55.0 Å². The lowest BCUT2D eigenvalue weighted by atomic mass is 9.81. The van der Waals surface area contributed by atoms with E-state index in [1.807, 2.05) is 0 Å². The zero-order valence-corrected chi connectivity index (χ0v) is 18.9. The molecule has 190 valence electrons. The number of rotatable bonds is 6. The molecule has 2 aromatic carbocycles.